The van der Waals surface area contributed by atoms with Gasteiger partial charge < -0.3 is 14.8 Å². The van der Waals surface area contributed by atoms with Crippen LogP contribution in [0.15, 0.2) is 48.7 Å². The molecule has 1 atom stereocenters. The number of hydrogen-bond donors (Lipinski definition) is 0. The van der Waals surface area contributed by atoms with Crippen LogP contribution in [0.5, 0.6) is 0 Å². The highest BCUT2D eigenvalue weighted by Gasteiger charge is 2.29. The third kappa shape index (κ3) is 3.22. The van der Waals surface area contributed by atoms with Crippen LogP contribution in [0.1, 0.15) is 28.5 Å². The van der Waals surface area contributed by atoms with Crippen molar-refractivity contribution in [2.45, 2.75) is 26.0 Å². The maximum Gasteiger partial charge on any atom is 0.405 e. The molecule has 0 N–H and O–H groups in total. The van der Waals surface area contributed by atoms with E-state index in [1.54, 1.807) is 11.0 Å². The van der Waals surface area contributed by atoms with Crippen LogP contribution in [0.2, 0.25) is 0 Å². The van der Waals surface area contributed by atoms with E-state index in [1.807, 2.05) is 18.2 Å². The molecule has 0 unspecified atom stereocenters. The Hall–Kier alpha value is -2.89. The molecule has 0 bridgehead atoms. The minimum absolute atomic E-state index is 0.138. The van der Waals surface area contributed by atoms with Gasteiger partial charge in [-0.2, -0.15) is 4.73 Å². The number of carbonyl (C=O) groups excluding carboxylic acids is 2. The molecule has 1 aromatic heterocycles. The van der Waals surface area contributed by atoms with Crippen molar-refractivity contribution in [3.8, 4) is 0 Å². The van der Waals surface area contributed by atoms with E-state index in [2.05, 4.69) is 6.07 Å². The highest BCUT2D eigenvalue weighted by molar-refractivity contribution is 5.89. The van der Waals surface area contributed by atoms with E-state index < -0.39 is 12.1 Å². The number of aromatic nitrogens is 1. The molecule has 2 heterocycles. The quantitative estimate of drug-likeness (QED) is 0.486. The summed E-state index contributed by atoms with van der Waals surface area (Å²) in [5, 5.41) is 11.6. The molecule has 1 aliphatic rings. The summed E-state index contributed by atoms with van der Waals surface area (Å²) in [6.45, 7) is 2.62. The zero-order valence-corrected chi connectivity index (χ0v) is 13.3. The van der Waals surface area contributed by atoms with Gasteiger partial charge in [0.1, 0.15) is 0 Å². The molecule has 124 valence electrons. The number of fused-ring (bicyclic) bond motifs is 1. The standard InChI is InChI=1S/C18H18N2O4/c1-13(24-18(22)16-8-4-5-10-20(16)23)17(21)19-11-9-14-6-2-3-7-15(14)12-19/h2-8,10,13H,9,11-12H2,1H3/t13-/m0/s1. The molecule has 0 radical (unpaired) electrons. The number of benzene rings is 1. The highest BCUT2D eigenvalue weighted by atomic mass is 16.6. The van der Waals surface area contributed by atoms with Gasteiger partial charge in [0, 0.05) is 25.2 Å². The van der Waals surface area contributed by atoms with Crippen molar-refractivity contribution in [3.63, 3.8) is 0 Å². The first-order valence-corrected chi connectivity index (χ1v) is 7.81. The largest absolute Gasteiger partial charge is 0.618 e. The number of nitrogens with zero attached hydrogens (tertiary/aromatic N) is 2. The number of pyridine rings is 1. The first-order chi connectivity index (χ1) is 11.6. The summed E-state index contributed by atoms with van der Waals surface area (Å²) in [6.07, 6.45) is 1.05. The van der Waals surface area contributed by atoms with E-state index in [0.717, 1.165) is 12.0 Å². The molecule has 1 aromatic carbocycles. The Labute approximate surface area is 139 Å². The molecule has 24 heavy (non-hydrogen) atoms. The molecule has 1 amide bonds. The smallest absolute Gasteiger partial charge is 0.405 e. The van der Waals surface area contributed by atoms with Gasteiger partial charge in [-0.05, 0) is 30.5 Å². The molecule has 6 heteroatoms. The van der Waals surface area contributed by atoms with E-state index in [9.17, 15) is 14.8 Å². The van der Waals surface area contributed by atoms with E-state index in [0.29, 0.717) is 17.8 Å². The second-order valence-electron chi connectivity index (χ2n) is 5.74. The molecule has 0 spiro atoms. The van der Waals surface area contributed by atoms with Gasteiger partial charge in [0.05, 0.1) is 0 Å². The number of amides is 1. The summed E-state index contributed by atoms with van der Waals surface area (Å²) in [5.74, 6) is -1.06. The van der Waals surface area contributed by atoms with E-state index in [1.165, 1.54) is 30.8 Å². The van der Waals surface area contributed by atoms with Crippen LogP contribution >= 0.6 is 0 Å². The topological polar surface area (TPSA) is 73.5 Å². The Balaban J connectivity index is 1.65. The van der Waals surface area contributed by atoms with Crippen molar-refractivity contribution in [1.29, 1.82) is 0 Å². The maximum atomic E-state index is 12.5. The minimum Gasteiger partial charge on any atom is -0.618 e. The highest BCUT2D eigenvalue weighted by Crippen LogP contribution is 2.19. The van der Waals surface area contributed by atoms with Crippen molar-refractivity contribution in [2.75, 3.05) is 6.54 Å². The van der Waals surface area contributed by atoms with Crippen LogP contribution in [0, 0.1) is 5.21 Å². The zero-order valence-electron chi connectivity index (χ0n) is 13.3. The van der Waals surface area contributed by atoms with Crippen molar-refractivity contribution < 1.29 is 19.1 Å². The Morgan fingerprint density at radius 1 is 1.17 bits per heavy atom. The number of hydrogen-bond acceptors (Lipinski definition) is 4. The fraction of sp³-hybridized carbons (Fsp3) is 0.278. The molecule has 1 aliphatic heterocycles. The lowest BCUT2D eigenvalue weighted by Gasteiger charge is -2.30. The number of ether oxygens (including phenoxy) is 1. The van der Waals surface area contributed by atoms with Crippen molar-refractivity contribution in [1.82, 2.24) is 4.90 Å². The van der Waals surface area contributed by atoms with Crippen LogP contribution in [-0.2, 0) is 22.5 Å². The number of rotatable bonds is 3. The second-order valence-corrected chi connectivity index (χ2v) is 5.74. The Morgan fingerprint density at radius 3 is 2.62 bits per heavy atom. The summed E-state index contributed by atoms with van der Waals surface area (Å²) in [5.41, 5.74) is 2.21. The van der Waals surface area contributed by atoms with Gasteiger partial charge in [-0.25, -0.2) is 4.79 Å². The Morgan fingerprint density at radius 2 is 1.88 bits per heavy atom. The Bertz CT molecular complexity index is 775. The summed E-state index contributed by atoms with van der Waals surface area (Å²) < 4.78 is 5.60. The van der Waals surface area contributed by atoms with E-state index in [4.69, 9.17) is 4.74 Å². The zero-order chi connectivity index (χ0) is 17.1. The van der Waals surface area contributed by atoms with E-state index >= 15 is 0 Å². The van der Waals surface area contributed by atoms with Crippen molar-refractivity contribution >= 4 is 11.9 Å². The number of esters is 1. The summed E-state index contributed by atoms with van der Waals surface area (Å²) in [7, 11) is 0. The first kappa shape index (κ1) is 16.0. The van der Waals surface area contributed by atoms with E-state index in [-0.39, 0.29) is 11.6 Å². The van der Waals surface area contributed by atoms with Gasteiger partial charge in [0.25, 0.3) is 5.91 Å². The third-order valence-corrected chi connectivity index (χ3v) is 4.11. The summed E-state index contributed by atoms with van der Waals surface area (Å²) in [4.78, 5) is 26.2. The first-order valence-electron chi connectivity index (χ1n) is 7.81. The molecule has 0 saturated heterocycles. The number of carbonyl (C=O) groups is 2. The molecule has 0 aliphatic carbocycles. The maximum absolute atomic E-state index is 12.5. The molecule has 6 nitrogen and oxygen atoms in total. The lowest BCUT2D eigenvalue weighted by molar-refractivity contribution is -0.608. The van der Waals surface area contributed by atoms with Crippen LogP contribution in [0.4, 0.5) is 0 Å². The summed E-state index contributed by atoms with van der Waals surface area (Å²) >= 11 is 0. The average molecular weight is 326 g/mol. The van der Waals surface area contributed by atoms with Gasteiger partial charge in [0.15, 0.2) is 12.3 Å². The monoisotopic (exact) mass is 326 g/mol. The lowest BCUT2D eigenvalue weighted by atomic mass is 9.99. The lowest BCUT2D eigenvalue weighted by Crippen LogP contribution is -2.43. The SMILES string of the molecule is C[C@H](OC(=O)c1cccc[n+]1[O-])C(=O)N1CCc2ccccc2C1. The van der Waals surface area contributed by atoms with Crippen LogP contribution in [0.3, 0.4) is 0 Å². The molecule has 2 aromatic rings. The van der Waals surface area contributed by atoms with Gasteiger partial charge >= 0.3 is 11.7 Å². The molecule has 3 rings (SSSR count). The van der Waals surface area contributed by atoms with Gasteiger partial charge in [0.2, 0.25) is 0 Å². The molecular formula is C18H18N2O4. The Kier molecular flexibility index (Phi) is 4.46. The second kappa shape index (κ2) is 6.70. The van der Waals surface area contributed by atoms with Crippen LogP contribution < -0.4 is 4.73 Å². The fourth-order valence-electron chi connectivity index (χ4n) is 2.80. The van der Waals surface area contributed by atoms with Crippen LogP contribution in [0.25, 0.3) is 0 Å². The normalized spacial score (nSPS) is 14.6. The third-order valence-electron chi connectivity index (χ3n) is 4.11. The predicted molar refractivity (Wildman–Crippen MR) is 85.8 cm³/mol. The van der Waals surface area contributed by atoms with Crippen LogP contribution in [-0.4, -0.2) is 29.4 Å². The average Bonchev–Trinajstić information content (AvgIpc) is 2.60. The van der Waals surface area contributed by atoms with Crippen molar-refractivity contribution in [3.05, 3.63) is 70.7 Å². The molecule has 0 saturated carbocycles. The summed E-state index contributed by atoms with van der Waals surface area (Å²) in [6, 6.07) is 12.4. The predicted octanol–water partition coefficient (Wildman–Crippen LogP) is 1.45. The van der Waals surface area contributed by atoms with Crippen molar-refractivity contribution in [2.24, 2.45) is 0 Å². The van der Waals surface area contributed by atoms with Gasteiger partial charge in [-0.1, -0.05) is 24.3 Å². The fourth-order valence-corrected chi connectivity index (χ4v) is 2.80. The molecular weight excluding hydrogens is 308 g/mol. The molecule has 0 fully saturated rings. The van der Waals surface area contributed by atoms with Gasteiger partial charge in [-0.3, -0.25) is 4.79 Å². The minimum atomic E-state index is -0.942. The van der Waals surface area contributed by atoms with Gasteiger partial charge in [-0.15, -0.1) is 0 Å².